The fourth-order valence-corrected chi connectivity index (χ4v) is 3.80. The molecule has 1 saturated carbocycles. The van der Waals surface area contributed by atoms with Gasteiger partial charge in [0.1, 0.15) is 5.60 Å². The van der Waals surface area contributed by atoms with E-state index >= 15 is 0 Å². The van der Waals surface area contributed by atoms with Crippen molar-refractivity contribution in [2.45, 2.75) is 70.4 Å². The molecule has 1 saturated heterocycles. The van der Waals surface area contributed by atoms with Crippen molar-refractivity contribution in [2.75, 3.05) is 19.6 Å². The third-order valence-corrected chi connectivity index (χ3v) is 5.54. The van der Waals surface area contributed by atoms with Gasteiger partial charge in [0, 0.05) is 19.1 Å². The number of carbonyl (C=O) groups is 1. The van der Waals surface area contributed by atoms with Crippen LogP contribution in [0.15, 0.2) is 29.8 Å². The number of amides is 1. The van der Waals surface area contributed by atoms with Crippen LogP contribution in [0.25, 0.3) is 0 Å². The predicted octanol–water partition coefficient (Wildman–Crippen LogP) is 1.50. The van der Waals surface area contributed by atoms with Crippen LogP contribution in [0.4, 0.5) is 4.79 Å². The number of nitrogens with zero attached hydrogens (tertiary/aromatic N) is 1. The summed E-state index contributed by atoms with van der Waals surface area (Å²) >= 11 is 0. The summed E-state index contributed by atoms with van der Waals surface area (Å²) < 4.78 is 5.45. The van der Waals surface area contributed by atoms with Crippen molar-refractivity contribution >= 4 is 11.8 Å². The first-order valence-electron chi connectivity index (χ1n) is 10.7. The molecule has 2 N–H and O–H groups in total. The number of hydrogen-bond acceptors (Lipinski definition) is 4. The smallest absolute Gasteiger partial charge is 0.444 e. The van der Waals surface area contributed by atoms with Gasteiger partial charge < -0.3 is 20.4 Å². The topological polar surface area (TPSA) is 65.4 Å². The predicted molar refractivity (Wildman–Crippen MR) is 115 cm³/mol. The third-order valence-electron chi connectivity index (χ3n) is 5.54. The molecule has 2 fully saturated rings. The first-order valence-corrected chi connectivity index (χ1v) is 10.7. The molecule has 30 heavy (non-hydrogen) atoms. The van der Waals surface area contributed by atoms with E-state index in [1.807, 2.05) is 32.9 Å². The number of fused-ring (bicyclic) bond motifs is 1. The molecule has 2 aliphatic heterocycles. The van der Waals surface area contributed by atoms with Crippen molar-refractivity contribution in [3.63, 3.8) is 0 Å². The largest absolute Gasteiger partial charge is 1.00 e. The van der Waals surface area contributed by atoms with E-state index in [1.54, 1.807) is 4.90 Å². The van der Waals surface area contributed by atoms with Crippen molar-refractivity contribution < 1.29 is 39.1 Å². The molecule has 2 heterocycles. The van der Waals surface area contributed by atoms with E-state index in [0.29, 0.717) is 31.6 Å². The van der Waals surface area contributed by atoms with Gasteiger partial charge in [0.2, 0.25) is 0 Å². The van der Waals surface area contributed by atoms with Crippen LogP contribution in [-0.4, -0.2) is 48.0 Å². The van der Waals surface area contributed by atoms with Gasteiger partial charge >= 0.3 is 35.7 Å². The van der Waals surface area contributed by atoms with Gasteiger partial charge in [-0.1, -0.05) is 19.3 Å². The van der Waals surface area contributed by atoms with Crippen molar-refractivity contribution in [3.8, 4) is 0 Å². The molecule has 1 atom stereocenters. The molecule has 1 aromatic rings. The van der Waals surface area contributed by atoms with E-state index in [-0.39, 0.29) is 41.7 Å². The first kappa shape index (κ1) is 25.1. The maximum Gasteiger partial charge on any atom is 1.00 e. The number of carbonyl (C=O) groups excluding carboxylic acids is 1. The Morgan fingerprint density at radius 3 is 2.57 bits per heavy atom. The van der Waals surface area contributed by atoms with Crippen molar-refractivity contribution in [1.29, 1.82) is 5.41 Å². The Bertz CT molecular complexity index is 739. The van der Waals surface area contributed by atoms with Gasteiger partial charge in [-0.3, -0.25) is 6.08 Å². The summed E-state index contributed by atoms with van der Waals surface area (Å²) in [4.78, 5) is 14.0. The van der Waals surface area contributed by atoms with E-state index in [0.717, 1.165) is 18.0 Å². The molecular weight excluding hydrogens is 385 g/mol. The summed E-state index contributed by atoms with van der Waals surface area (Å²) in [6.07, 6.45) is 8.54. The molecule has 1 aliphatic carbocycles. The molecule has 4 rings (SSSR count). The number of ether oxygens (including phenoxy) is 1. The maximum atomic E-state index is 12.3. The SMILES string of the molecule is CC(C)(C)OC(=O)N1CC[C-]=C2C(=N)CCNCC21.[Na+].[c-]1ccc(C2CCC2)cc1. The Morgan fingerprint density at radius 2 is 1.97 bits per heavy atom. The fourth-order valence-electron chi connectivity index (χ4n) is 3.80. The molecular formula is C24H33N3NaO2-. The standard InChI is InChI=1S/C14H22N3O2.C10H11.Na/c1-14(2,3)19-13(18)17-8-4-5-10-11(15)6-7-16-9-12(10)17;1-2-5-9(6-3-1)10-7-4-8-10;/h12,15-16H,4,6-9H2,1-3H3;2-3,5-6,10H,4,7-8H2;/q2*-1;+1. The van der Waals surface area contributed by atoms with Gasteiger partial charge in [0.05, 0.1) is 0 Å². The van der Waals surface area contributed by atoms with Crippen LogP contribution < -0.4 is 34.9 Å². The molecule has 158 valence electrons. The zero-order valence-electron chi connectivity index (χ0n) is 18.9. The van der Waals surface area contributed by atoms with E-state index in [1.165, 1.54) is 24.8 Å². The van der Waals surface area contributed by atoms with Crippen LogP contribution in [0.2, 0.25) is 0 Å². The van der Waals surface area contributed by atoms with Gasteiger partial charge in [-0.15, -0.1) is 5.71 Å². The Hall–Kier alpha value is -1.14. The second-order valence-corrected chi connectivity index (χ2v) is 8.92. The second kappa shape index (κ2) is 11.5. The van der Waals surface area contributed by atoms with Gasteiger partial charge in [-0.05, 0) is 46.1 Å². The van der Waals surface area contributed by atoms with Gasteiger partial charge in [-0.25, -0.2) is 4.79 Å². The summed E-state index contributed by atoms with van der Waals surface area (Å²) in [5, 5.41) is 11.3. The van der Waals surface area contributed by atoms with E-state index in [4.69, 9.17) is 10.1 Å². The average molecular weight is 419 g/mol. The third kappa shape index (κ3) is 6.94. The molecule has 0 bridgehead atoms. The Morgan fingerprint density at radius 1 is 1.27 bits per heavy atom. The van der Waals surface area contributed by atoms with Crippen molar-refractivity contribution in [3.05, 3.63) is 47.5 Å². The summed E-state index contributed by atoms with van der Waals surface area (Å²) in [5.74, 6) is 0.870. The summed E-state index contributed by atoms with van der Waals surface area (Å²) in [7, 11) is 0. The number of hydrogen-bond donors (Lipinski definition) is 2. The number of rotatable bonds is 1. The minimum absolute atomic E-state index is 0. The molecule has 0 aromatic heterocycles. The number of nitrogens with one attached hydrogen (secondary N) is 2. The molecule has 5 nitrogen and oxygen atoms in total. The van der Waals surface area contributed by atoms with Crippen molar-refractivity contribution in [1.82, 2.24) is 10.2 Å². The van der Waals surface area contributed by atoms with Crippen LogP contribution >= 0.6 is 0 Å². The van der Waals surface area contributed by atoms with E-state index in [2.05, 4.69) is 29.6 Å². The average Bonchev–Trinajstić information content (AvgIpc) is 2.82. The molecule has 3 aliphatic rings. The quantitative estimate of drug-likeness (QED) is 0.537. The molecule has 1 amide bonds. The van der Waals surface area contributed by atoms with Crippen LogP contribution in [0.3, 0.4) is 0 Å². The second-order valence-electron chi connectivity index (χ2n) is 8.92. The summed E-state index contributed by atoms with van der Waals surface area (Å²) in [6.45, 7) is 7.66. The summed E-state index contributed by atoms with van der Waals surface area (Å²) in [6, 6.07) is 11.3. The zero-order valence-corrected chi connectivity index (χ0v) is 20.9. The Balaban J connectivity index is 0.000000245. The summed E-state index contributed by atoms with van der Waals surface area (Å²) in [5.41, 5.74) is 2.46. The normalized spacial score (nSPS) is 21.6. The van der Waals surface area contributed by atoms with Crippen LogP contribution in [0, 0.1) is 17.6 Å². The Kier molecular flexibility index (Phi) is 9.61. The number of benzene rings is 1. The molecule has 0 radical (unpaired) electrons. The molecule has 6 heteroatoms. The van der Waals surface area contributed by atoms with Crippen LogP contribution in [-0.2, 0) is 4.74 Å². The fraction of sp³-hybridized carbons (Fsp3) is 0.583. The monoisotopic (exact) mass is 418 g/mol. The minimum Gasteiger partial charge on any atom is -0.444 e. The van der Waals surface area contributed by atoms with Crippen LogP contribution in [0.5, 0.6) is 0 Å². The zero-order chi connectivity index (χ0) is 20.9. The molecule has 1 unspecified atom stereocenters. The Labute approximate surface area is 203 Å². The maximum absolute atomic E-state index is 12.3. The van der Waals surface area contributed by atoms with Gasteiger partial charge in [0.15, 0.2) is 0 Å². The van der Waals surface area contributed by atoms with Crippen molar-refractivity contribution in [2.24, 2.45) is 0 Å². The van der Waals surface area contributed by atoms with E-state index in [9.17, 15) is 4.79 Å². The van der Waals surface area contributed by atoms with Crippen LogP contribution in [0.1, 0.15) is 64.4 Å². The van der Waals surface area contributed by atoms with Gasteiger partial charge in [0.25, 0.3) is 0 Å². The molecule has 0 spiro atoms. The minimum atomic E-state index is -0.492. The van der Waals surface area contributed by atoms with E-state index < -0.39 is 5.60 Å². The molecule has 1 aromatic carbocycles. The first-order chi connectivity index (χ1) is 13.8. The van der Waals surface area contributed by atoms with Gasteiger partial charge in [-0.2, -0.15) is 41.5 Å².